The van der Waals surface area contributed by atoms with Gasteiger partial charge in [0.1, 0.15) is 0 Å². The van der Waals surface area contributed by atoms with E-state index in [-0.39, 0.29) is 11.9 Å². The number of carbonyl (C=O) groups is 2. The second kappa shape index (κ2) is 8.15. The minimum absolute atomic E-state index is 0.331. The van der Waals surface area contributed by atoms with Gasteiger partial charge in [0.25, 0.3) is 0 Å². The molecule has 4 heteroatoms. The van der Waals surface area contributed by atoms with Gasteiger partial charge in [-0.3, -0.25) is 0 Å². The van der Waals surface area contributed by atoms with E-state index in [0.717, 1.165) is 5.56 Å². The van der Waals surface area contributed by atoms with Crippen molar-refractivity contribution in [2.45, 2.75) is 26.7 Å². The van der Waals surface area contributed by atoms with Crippen molar-refractivity contribution in [3.05, 3.63) is 47.5 Å². The summed E-state index contributed by atoms with van der Waals surface area (Å²) in [7, 11) is 0. The van der Waals surface area contributed by atoms with E-state index in [1.807, 2.05) is 12.1 Å². The summed E-state index contributed by atoms with van der Waals surface area (Å²) in [6, 6.07) is 7.21. The van der Waals surface area contributed by atoms with Crippen LogP contribution >= 0.6 is 0 Å². The topological polar surface area (TPSA) is 52.6 Å². The Labute approximate surface area is 119 Å². The first-order chi connectivity index (χ1) is 9.60. The van der Waals surface area contributed by atoms with Crippen molar-refractivity contribution in [3.63, 3.8) is 0 Å². The van der Waals surface area contributed by atoms with Gasteiger partial charge in [-0.1, -0.05) is 24.8 Å². The molecule has 1 aromatic carbocycles. The minimum Gasteiger partial charge on any atom is -0.463 e. The van der Waals surface area contributed by atoms with Crippen LogP contribution in [0.25, 0.3) is 0 Å². The predicted octanol–water partition coefficient (Wildman–Crippen LogP) is 2.92. The molecule has 0 aromatic heterocycles. The molecular formula is C16H20O4. The summed E-state index contributed by atoms with van der Waals surface area (Å²) in [5.41, 5.74) is 1.79. The molecule has 0 bridgehead atoms. The molecule has 0 radical (unpaired) electrons. The van der Waals surface area contributed by atoms with Crippen molar-refractivity contribution in [1.29, 1.82) is 0 Å². The first-order valence-corrected chi connectivity index (χ1v) is 6.70. The molecule has 1 rings (SSSR count). The Morgan fingerprint density at radius 1 is 1.10 bits per heavy atom. The predicted molar refractivity (Wildman–Crippen MR) is 76.5 cm³/mol. The fourth-order valence-corrected chi connectivity index (χ4v) is 1.77. The molecule has 4 nitrogen and oxygen atoms in total. The zero-order valence-electron chi connectivity index (χ0n) is 12.0. The van der Waals surface area contributed by atoms with Crippen LogP contribution in [0.5, 0.6) is 0 Å². The number of hydrogen-bond donors (Lipinski definition) is 0. The van der Waals surface area contributed by atoms with Gasteiger partial charge in [0, 0.05) is 5.57 Å². The third kappa shape index (κ3) is 4.53. The van der Waals surface area contributed by atoms with Gasteiger partial charge in [-0.25, -0.2) is 9.59 Å². The molecule has 108 valence electrons. The average molecular weight is 276 g/mol. The molecule has 0 aliphatic heterocycles. The zero-order chi connectivity index (χ0) is 15.0. The fraction of sp³-hybridized carbons (Fsp3) is 0.375. The quantitative estimate of drug-likeness (QED) is 0.567. The summed E-state index contributed by atoms with van der Waals surface area (Å²) in [4.78, 5) is 23.3. The van der Waals surface area contributed by atoms with E-state index < -0.39 is 0 Å². The second-order valence-electron chi connectivity index (χ2n) is 4.20. The van der Waals surface area contributed by atoms with Crippen LogP contribution in [0.2, 0.25) is 0 Å². The Morgan fingerprint density at radius 2 is 1.75 bits per heavy atom. The van der Waals surface area contributed by atoms with Crippen LogP contribution in [0, 0.1) is 0 Å². The molecule has 0 atom stereocenters. The molecule has 0 aliphatic carbocycles. The summed E-state index contributed by atoms with van der Waals surface area (Å²) in [6.07, 6.45) is 1.00. The van der Waals surface area contributed by atoms with Crippen LogP contribution in [-0.2, 0) is 20.7 Å². The van der Waals surface area contributed by atoms with Gasteiger partial charge in [0.2, 0.25) is 0 Å². The van der Waals surface area contributed by atoms with Gasteiger partial charge < -0.3 is 9.47 Å². The van der Waals surface area contributed by atoms with Crippen LogP contribution in [0.4, 0.5) is 0 Å². The summed E-state index contributed by atoms with van der Waals surface area (Å²) in [5.74, 6) is -0.731. The van der Waals surface area contributed by atoms with E-state index in [9.17, 15) is 9.59 Å². The highest BCUT2D eigenvalue weighted by atomic mass is 16.5. The van der Waals surface area contributed by atoms with Crippen molar-refractivity contribution in [2.75, 3.05) is 13.2 Å². The highest BCUT2D eigenvalue weighted by Crippen LogP contribution is 2.15. The standard InChI is InChI=1S/C16H20O4/c1-4-19-15(17)12(3)10-11-13-8-6-7-9-14(13)16(18)20-5-2/h6-9H,3-5,10-11H2,1-2H3. The number of aryl methyl sites for hydroxylation is 1. The van der Waals surface area contributed by atoms with Gasteiger partial charge in [0.15, 0.2) is 0 Å². The van der Waals surface area contributed by atoms with E-state index in [1.165, 1.54) is 0 Å². The van der Waals surface area contributed by atoms with Gasteiger partial charge in [-0.05, 0) is 38.3 Å². The minimum atomic E-state index is -0.388. The summed E-state index contributed by atoms with van der Waals surface area (Å²) >= 11 is 0. The number of benzene rings is 1. The number of rotatable bonds is 7. The Kier molecular flexibility index (Phi) is 6.50. The highest BCUT2D eigenvalue weighted by Gasteiger charge is 2.13. The number of esters is 2. The lowest BCUT2D eigenvalue weighted by Crippen LogP contribution is -2.10. The van der Waals surface area contributed by atoms with E-state index in [0.29, 0.717) is 37.2 Å². The maximum atomic E-state index is 11.8. The molecule has 1 aromatic rings. The Bertz CT molecular complexity index is 491. The molecule has 0 saturated heterocycles. The van der Waals surface area contributed by atoms with E-state index in [4.69, 9.17) is 9.47 Å². The van der Waals surface area contributed by atoms with Crippen LogP contribution in [0.1, 0.15) is 36.2 Å². The molecule has 0 unspecified atom stereocenters. The number of ether oxygens (including phenoxy) is 2. The zero-order valence-corrected chi connectivity index (χ0v) is 12.0. The summed E-state index contributed by atoms with van der Waals surface area (Å²) < 4.78 is 9.89. The Balaban J connectivity index is 2.71. The molecular weight excluding hydrogens is 256 g/mol. The molecule has 0 amide bonds. The van der Waals surface area contributed by atoms with Gasteiger partial charge in [0.05, 0.1) is 18.8 Å². The Hall–Kier alpha value is -2.10. The molecule has 0 fully saturated rings. The van der Waals surface area contributed by atoms with Crippen LogP contribution < -0.4 is 0 Å². The first-order valence-electron chi connectivity index (χ1n) is 6.70. The monoisotopic (exact) mass is 276 g/mol. The van der Waals surface area contributed by atoms with Crippen molar-refractivity contribution in [1.82, 2.24) is 0 Å². The van der Waals surface area contributed by atoms with Crippen LogP contribution in [-0.4, -0.2) is 25.2 Å². The second-order valence-corrected chi connectivity index (χ2v) is 4.20. The van der Waals surface area contributed by atoms with Gasteiger partial charge >= 0.3 is 11.9 Å². The number of carbonyl (C=O) groups excluding carboxylic acids is 2. The third-order valence-electron chi connectivity index (χ3n) is 2.77. The normalized spacial score (nSPS) is 9.90. The van der Waals surface area contributed by atoms with E-state index in [1.54, 1.807) is 26.0 Å². The maximum absolute atomic E-state index is 11.8. The van der Waals surface area contributed by atoms with Crippen molar-refractivity contribution in [3.8, 4) is 0 Å². The lowest BCUT2D eigenvalue weighted by Gasteiger charge is -2.09. The Morgan fingerprint density at radius 3 is 2.40 bits per heavy atom. The fourth-order valence-electron chi connectivity index (χ4n) is 1.77. The molecule has 0 N–H and O–H groups in total. The lowest BCUT2D eigenvalue weighted by atomic mass is 10.0. The first kappa shape index (κ1) is 16.0. The molecule has 0 spiro atoms. The maximum Gasteiger partial charge on any atom is 0.338 e. The van der Waals surface area contributed by atoms with Crippen molar-refractivity contribution < 1.29 is 19.1 Å². The van der Waals surface area contributed by atoms with Crippen LogP contribution in [0.3, 0.4) is 0 Å². The molecule has 0 aliphatic rings. The third-order valence-corrected chi connectivity index (χ3v) is 2.77. The molecule has 0 heterocycles. The van der Waals surface area contributed by atoms with E-state index >= 15 is 0 Å². The number of hydrogen-bond acceptors (Lipinski definition) is 4. The van der Waals surface area contributed by atoms with E-state index in [2.05, 4.69) is 6.58 Å². The largest absolute Gasteiger partial charge is 0.463 e. The smallest absolute Gasteiger partial charge is 0.338 e. The van der Waals surface area contributed by atoms with Gasteiger partial charge in [-0.2, -0.15) is 0 Å². The lowest BCUT2D eigenvalue weighted by molar-refractivity contribution is -0.138. The summed E-state index contributed by atoms with van der Waals surface area (Å²) in [5, 5.41) is 0. The summed E-state index contributed by atoms with van der Waals surface area (Å²) in [6.45, 7) is 7.89. The van der Waals surface area contributed by atoms with Gasteiger partial charge in [-0.15, -0.1) is 0 Å². The SMILES string of the molecule is C=C(CCc1ccccc1C(=O)OCC)C(=O)OCC. The van der Waals surface area contributed by atoms with Crippen molar-refractivity contribution in [2.24, 2.45) is 0 Å². The average Bonchev–Trinajstić information content (AvgIpc) is 2.45. The molecule has 0 saturated carbocycles. The molecule has 20 heavy (non-hydrogen) atoms. The van der Waals surface area contributed by atoms with Crippen LogP contribution in [0.15, 0.2) is 36.4 Å². The highest BCUT2D eigenvalue weighted by molar-refractivity contribution is 5.91. The van der Waals surface area contributed by atoms with Crippen molar-refractivity contribution >= 4 is 11.9 Å².